The number of ether oxygens (including phenoxy) is 5. The van der Waals surface area contributed by atoms with Crippen molar-refractivity contribution in [2.75, 3.05) is 38.5 Å². The number of carbonyl (C=O) groups is 5. The van der Waals surface area contributed by atoms with Gasteiger partial charge in [-0.25, -0.2) is 14.8 Å². The number of anilines is 2. The van der Waals surface area contributed by atoms with E-state index in [-0.39, 0.29) is 49.4 Å². The number of aromatic nitrogens is 4. The smallest absolute Gasteiger partial charge is 0.413 e. The number of ketones is 2. The first-order valence-corrected chi connectivity index (χ1v) is 18.2. The van der Waals surface area contributed by atoms with Crippen LogP contribution in [0.3, 0.4) is 0 Å². The van der Waals surface area contributed by atoms with E-state index in [1.54, 1.807) is 78.9 Å². The number of nitrogens with one attached hydrogen (secondary N) is 3. The third-order valence-electron chi connectivity index (χ3n) is 8.23. The zero-order valence-electron chi connectivity index (χ0n) is 34.5. The van der Waals surface area contributed by atoms with Gasteiger partial charge in [-0.2, -0.15) is 0 Å². The number of hydrogen-bond donors (Lipinski definition) is 4. The van der Waals surface area contributed by atoms with Crippen LogP contribution < -0.4 is 31.2 Å². The molecule has 0 saturated heterocycles. The molecule has 0 bridgehead atoms. The summed E-state index contributed by atoms with van der Waals surface area (Å²) in [7, 11) is 2.83. The molecule has 0 aromatic carbocycles. The van der Waals surface area contributed by atoms with E-state index >= 15 is 0 Å². The van der Waals surface area contributed by atoms with E-state index < -0.39 is 52.6 Å². The second-order valence-electron chi connectivity index (χ2n) is 14.8. The van der Waals surface area contributed by atoms with Crippen LogP contribution in [0.4, 0.5) is 16.4 Å². The van der Waals surface area contributed by atoms with Gasteiger partial charge in [0.15, 0.2) is 24.8 Å². The maximum Gasteiger partial charge on any atom is 0.413 e. The first kappa shape index (κ1) is 47.0. The van der Waals surface area contributed by atoms with Gasteiger partial charge in [-0.3, -0.25) is 24.5 Å². The molecule has 4 rings (SSSR count). The third-order valence-corrected chi connectivity index (χ3v) is 8.23. The number of carbonyl (C=O) groups excluding carboxylic acids is 5. The molecular weight excluding hydrogens is 772 g/mol. The van der Waals surface area contributed by atoms with E-state index in [0.717, 1.165) is 5.56 Å². The minimum Gasteiger partial charge on any atom is -0.467 e. The molecule has 0 saturated carbocycles. The van der Waals surface area contributed by atoms with Crippen molar-refractivity contribution in [3.63, 3.8) is 0 Å². The van der Waals surface area contributed by atoms with E-state index in [0.29, 0.717) is 11.4 Å². The first-order chi connectivity index (χ1) is 27.7. The Morgan fingerprint density at radius 3 is 1.56 bits per heavy atom. The van der Waals surface area contributed by atoms with Gasteiger partial charge in [0.1, 0.15) is 41.0 Å². The summed E-state index contributed by atoms with van der Waals surface area (Å²) in [4.78, 5) is 70.5. The summed E-state index contributed by atoms with van der Waals surface area (Å²) in [5, 5.41) is 15.1. The van der Waals surface area contributed by atoms with Gasteiger partial charge < -0.3 is 49.1 Å². The van der Waals surface area contributed by atoms with Gasteiger partial charge in [-0.1, -0.05) is 0 Å². The summed E-state index contributed by atoms with van der Waals surface area (Å²) < 4.78 is 35.5. The molecule has 0 fully saturated rings. The molecule has 0 aliphatic carbocycles. The van der Waals surface area contributed by atoms with Crippen molar-refractivity contribution in [2.45, 2.75) is 90.2 Å². The van der Waals surface area contributed by atoms with Gasteiger partial charge in [-0.15, -0.1) is 0 Å². The highest BCUT2D eigenvalue weighted by Gasteiger charge is 2.33. The summed E-state index contributed by atoms with van der Waals surface area (Å²) in [6.07, 6.45) is 5.37. The highest BCUT2D eigenvalue weighted by Crippen LogP contribution is 2.16. The summed E-state index contributed by atoms with van der Waals surface area (Å²) in [6, 6.07) is 7.82. The Balaban J connectivity index is 0.000000324. The van der Waals surface area contributed by atoms with Gasteiger partial charge in [0, 0.05) is 51.6 Å². The maximum absolute atomic E-state index is 12.9. The molecule has 0 radical (unpaired) electrons. The second kappa shape index (κ2) is 21.4. The highest BCUT2D eigenvalue weighted by molar-refractivity contribution is 5.93. The van der Waals surface area contributed by atoms with Crippen molar-refractivity contribution in [1.29, 1.82) is 0 Å². The van der Waals surface area contributed by atoms with Crippen LogP contribution in [0, 0.1) is 0 Å². The van der Waals surface area contributed by atoms with Gasteiger partial charge >= 0.3 is 6.09 Å². The highest BCUT2D eigenvalue weighted by atomic mass is 16.6. The van der Waals surface area contributed by atoms with Crippen molar-refractivity contribution >= 4 is 41.1 Å². The quantitative estimate of drug-likeness (QED) is 0.106. The number of rotatable bonds is 19. The number of nitrogens with two attached hydrogens (primary N) is 1. The lowest BCUT2D eigenvalue weighted by atomic mass is 10.0. The largest absolute Gasteiger partial charge is 0.467 e. The number of pyridine rings is 2. The number of amides is 3. The lowest BCUT2D eigenvalue weighted by Crippen LogP contribution is -2.52. The molecule has 3 amide bonds. The molecule has 2 atom stereocenters. The molecule has 5 N–H and O–H groups in total. The fourth-order valence-electron chi connectivity index (χ4n) is 4.55. The summed E-state index contributed by atoms with van der Waals surface area (Å²) in [5.74, 6) is -0.688. The lowest BCUT2D eigenvalue weighted by molar-refractivity contribution is -0.142. The number of Topliss-reactive ketones (excluding diaryl/α,β-unsaturated/α-hetero) is 2. The fraction of sp³-hybridized carbons (Fsp3) is 0.462. The topological polar surface area (TPSA) is 271 Å². The first-order valence-electron chi connectivity index (χ1n) is 18.2. The van der Waals surface area contributed by atoms with Crippen LogP contribution in [0.2, 0.25) is 0 Å². The Morgan fingerprint density at radius 2 is 1.15 bits per heavy atom. The standard InChI is InChI=1S/C22H30N4O7.C17H22N4O5/c1-21(2,3)33-20(29)25-17-12-14(7-9-23-17)11-15(24-19(28)22(4,5)30-6)16(27)13-31-18-8-10-32-26-18;1-17(2,24-3)16(23)20-12(8-11-4-6-19-14(18)9-11)13(22)10-25-15-5-7-26-21-15/h7-10,12,15H,11,13H2,1-6H3,(H,24,28)(H,23,25,29);4-7,9,12H,8,10H2,1-3H3,(H2,18,19)(H,20,23). The Kier molecular flexibility index (Phi) is 17.0. The van der Waals surface area contributed by atoms with Crippen LogP contribution in [-0.2, 0) is 46.2 Å². The zero-order chi connectivity index (χ0) is 43.8. The Morgan fingerprint density at radius 1 is 0.695 bits per heavy atom. The van der Waals surface area contributed by atoms with E-state index in [1.807, 2.05) is 0 Å². The van der Waals surface area contributed by atoms with Crippen LogP contribution in [0.5, 0.6) is 11.8 Å². The second-order valence-corrected chi connectivity index (χ2v) is 14.8. The van der Waals surface area contributed by atoms with Gasteiger partial charge in [0.05, 0.1) is 12.1 Å². The van der Waals surface area contributed by atoms with Gasteiger partial charge in [-0.05, 0) is 94.2 Å². The average molecular weight is 825 g/mol. The summed E-state index contributed by atoms with van der Waals surface area (Å²) >= 11 is 0. The van der Waals surface area contributed by atoms with Crippen molar-refractivity contribution in [3.05, 3.63) is 72.4 Å². The van der Waals surface area contributed by atoms with Crippen LogP contribution in [0.15, 0.2) is 70.4 Å². The third kappa shape index (κ3) is 16.2. The van der Waals surface area contributed by atoms with Gasteiger partial charge in [0.25, 0.3) is 23.6 Å². The predicted octanol–water partition coefficient (Wildman–Crippen LogP) is 3.27. The molecule has 4 aromatic rings. The number of nitrogens with zero attached hydrogens (tertiary/aromatic N) is 4. The van der Waals surface area contributed by atoms with Crippen molar-refractivity contribution in [2.24, 2.45) is 0 Å². The maximum atomic E-state index is 12.9. The Labute approximate surface area is 341 Å². The lowest BCUT2D eigenvalue weighted by Gasteiger charge is -2.26. The molecule has 0 aliphatic rings. The predicted molar refractivity (Wildman–Crippen MR) is 210 cm³/mol. The van der Waals surface area contributed by atoms with E-state index in [2.05, 4.69) is 45.3 Å². The molecule has 4 heterocycles. The van der Waals surface area contributed by atoms with Gasteiger partial charge in [0.2, 0.25) is 0 Å². The molecule has 0 aliphatic heterocycles. The van der Waals surface area contributed by atoms with Crippen molar-refractivity contribution < 1.29 is 56.7 Å². The summed E-state index contributed by atoms with van der Waals surface area (Å²) in [6.45, 7) is 11.0. The van der Waals surface area contributed by atoms with Crippen LogP contribution in [-0.4, -0.2) is 106 Å². The monoisotopic (exact) mass is 824 g/mol. The number of methoxy groups -OCH3 is 2. The molecule has 0 spiro atoms. The van der Waals surface area contributed by atoms with E-state index in [4.69, 9.17) is 29.4 Å². The van der Waals surface area contributed by atoms with Crippen molar-refractivity contribution in [3.8, 4) is 11.8 Å². The van der Waals surface area contributed by atoms with E-state index in [1.165, 1.54) is 45.1 Å². The molecular formula is C39H52N8O12. The average Bonchev–Trinajstić information content (AvgIpc) is 3.90. The molecule has 4 aromatic heterocycles. The Bertz CT molecular complexity index is 1980. The summed E-state index contributed by atoms with van der Waals surface area (Å²) in [5.41, 5.74) is 4.19. The SMILES string of the molecule is COC(C)(C)C(=O)NC(Cc1ccnc(N)c1)C(=O)COc1ccon1.COC(C)(C)C(=O)NC(Cc1ccnc(NC(=O)OC(C)(C)C)c1)C(=O)COc1ccon1. The van der Waals surface area contributed by atoms with Crippen LogP contribution in [0.25, 0.3) is 0 Å². The fourth-order valence-corrected chi connectivity index (χ4v) is 4.55. The van der Waals surface area contributed by atoms with Crippen LogP contribution >= 0.6 is 0 Å². The Hall–Kier alpha value is -6.41. The minimum absolute atomic E-state index is 0.123. The van der Waals surface area contributed by atoms with Crippen LogP contribution in [0.1, 0.15) is 59.6 Å². The molecule has 59 heavy (non-hydrogen) atoms. The number of nitrogen functional groups attached to an aromatic ring is 1. The molecule has 2 unspecified atom stereocenters. The zero-order valence-corrected chi connectivity index (χ0v) is 34.5. The molecule has 20 heteroatoms. The normalized spacial score (nSPS) is 12.5. The van der Waals surface area contributed by atoms with Crippen molar-refractivity contribution in [1.82, 2.24) is 30.9 Å². The molecule has 320 valence electrons. The number of hydrogen-bond acceptors (Lipinski definition) is 17. The minimum atomic E-state index is -1.15. The van der Waals surface area contributed by atoms with E-state index in [9.17, 15) is 24.0 Å². The molecule has 20 nitrogen and oxygen atoms in total.